The first-order valence-electron chi connectivity index (χ1n) is 4.98. The molecule has 1 aromatic rings. The molecule has 0 bridgehead atoms. The van der Waals surface area contributed by atoms with Crippen molar-refractivity contribution in [1.29, 1.82) is 0 Å². The van der Waals surface area contributed by atoms with Crippen molar-refractivity contribution in [2.24, 2.45) is 5.92 Å². The molecule has 1 heterocycles. The van der Waals surface area contributed by atoms with Gasteiger partial charge in [-0.05, 0) is 23.1 Å². The van der Waals surface area contributed by atoms with Crippen molar-refractivity contribution in [1.82, 2.24) is 0 Å². The van der Waals surface area contributed by atoms with Gasteiger partial charge >= 0.3 is 0 Å². The minimum Gasteiger partial charge on any atom is -0.384 e. The fourth-order valence-electron chi connectivity index (χ4n) is 1.09. The van der Waals surface area contributed by atoms with Gasteiger partial charge in [0.2, 0.25) is 0 Å². The Morgan fingerprint density at radius 2 is 2.33 bits per heavy atom. The zero-order chi connectivity index (χ0) is 11.1. The van der Waals surface area contributed by atoms with Crippen LogP contribution in [0.3, 0.4) is 0 Å². The van der Waals surface area contributed by atoms with Crippen LogP contribution >= 0.6 is 23.1 Å². The largest absolute Gasteiger partial charge is 0.384 e. The Bertz CT molecular complexity index is 344. The second kappa shape index (κ2) is 6.95. The minimum absolute atomic E-state index is 0.0611. The van der Waals surface area contributed by atoms with Crippen LogP contribution in [0.4, 0.5) is 0 Å². The minimum atomic E-state index is -0.0611. The van der Waals surface area contributed by atoms with E-state index in [1.54, 1.807) is 11.3 Å². The molecule has 0 amide bonds. The number of thioether (sulfide) groups is 1. The molecule has 1 nitrogen and oxygen atoms in total. The molecule has 15 heavy (non-hydrogen) atoms. The van der Waals surface area contributed by atoms with Crippen molar-refractivity contribution >= 4 is 23.1 Å². The number of thiophene rings is 1. The number of aliphatic hydroxyl groups is 1. The molecule has 1 N–H and O–H groups in total. The van der Waals surface area contributed by atoms with Crippen molar-refractivity contribution in [3.05, 3.63) is 21.9 Å². The lowest BCUT2D eigenvalue weighted by Crippen LogP contribution is -1.91. The van der Waals surface area contributed by atoms with Crippen LogP contribution in [0.2, 0.25) is 0 Å². The van der Waals surface area contributed by atoms with Gasteiger partial charge in [0.1, 0.15) is 6.61 Å². The maximum Gasteiger partial charge on any atom is 0.104 e. The fourth-order valence-corrected chi connectivity index (χ4v) is 3.15. The smallest absolute Gasteiger partial charge is 0.104 e. The third-order valence-electron chi connectivity index (χ3n) is 1.73. The first-order chi connectivity index (χ1) is 7.24. The second-order valence-corrected chi connectivity index (χ2v) is 5.66. The van der Waals surface area contributed by atoms with E-state index in [4.69, 9.17) is 5.11 Å². The molecule has 0 fully saturated rings. The molecule has 0 spiro atoms. The summed E-state index contributed by atoms with van der Waals surface area (Å²) in [4.78, 5) is 1.32. The van der Waals surface area contributed by atoms with Gasteiger partial charge in [-0.3, -0.25) is 0 Å². The molecule has 0 aliphatic heterocycles. The predicted octanol–water partition coefficient (Wildman–Crippen LogP) is 2.98. The van der Waals surface area contributed by atoms with Crippen molar-refractivity contribution in [3.8, 4) is 11.8 Å². The highest BCUT2D eigenvalue weighted by molar-refractivity contribution is 7.98. The quantitative estimate of drug-likeness (QED) is 0.817. The van der Waals surface area contributed by atoms with Crippen LogP contribution in [0.5, 0.6) is 0 Å². The maximum atomic E-state index is 8.63. The van der Waals surface area contributed by atoms with Gasteiger partial charge in [0.05, 0.1) is 0 Å². The fraction of sp³-hybridized carbons (Fsp3) is 0.500. The summed E-state index contributed by atoms with van der Waals surface area (Å²) in [6.07, 6.45) is 0. The van der Waals surface area contributed by atoms with Crippen molar-refractivity contribution in [3.63, 3.8) is 0 Å². The van der Waals surface area contributed by atoms with Crippen molar-refractivity contribution in [2.45, 2.75) is 19.6 Å². The number of hydrogen-bond donors (Lipinski definition) is 1. The van der Waals surface area contributed by atoms with E-state index < -0.39 is 0 Å². The van der Waals surface area contributed by atoms with E-state index in [0.29, 0.717) is 0 Å². The molecule has 0 saturated carbocycles. The Kier molecular flexibility index (Phi) is 5.85. The van der Waals surface area contributed by atoms with Crippen LogP contribution in [0.15, 0.2) is 11.4 Å². The molecule has 0 aliphatic rings. The summed E-state index contributed by atoms with van der Waals surface area (Å²) >= 11 is 3.69. The third-order valence-corrected chi connectivity index (χ3v) is 4.23. The molecule has 0 atom stereocenters. The standard InChI is InChI=1S/C12H16OS2/c1-10(2)8-14-9-12-11(4-3-6-13)5-7-15-12/h5,7,10,13H,6,8-9H2,1-2H3. The number of hydrogen-bond acceptors (Lipinski definition) is 3. The third kappa shape index (κ3) is 4.74. The van der Waals surface area contributed by atoms with E-state index in [1.165, 1.54) is 10.6 Å². The molecule has 1 rings (SSSR count). The summed E-state index contributed by atoms with van der Waals surface area (Å²) in [5.74, 6) is 8.63. The molecule has 82 valence electrons. The molecule has 0 unspecified atom stereocenters. The SMILES string of the molecule is CC(C)CSCc1sccc1C#CCO. The topological polar surface area (TPSA) is 20.2 Å². The highest BCUT2D eigenvalue weighted by Gasteiger charge is 2.02. The summed E-state index contributed by atoms with van der Waals surface area (Å²) in [5.41, 5.74) is 1.07. The van der Waals surface area contributed by atoms with E-state index in [0.717, 1.165) is 17.2 Å². The zero-order valence-electron chi connectivity index (χ0n) is 9.12. The van der Waals surface area contributed by atoms with Gasteiger partial charge in [-0.15, -0.1) is 11.3 Å². The van der Waals surface area contributed by atoms with Gasteiger partial charge in [0.25, 0.3) is 0 Å². The van der Waals surface area contributed by atoms with E-state index >= 15 is 0 Å². The summed E-state index contributed by atoms with van der Waals surface area (Å²) in [6, 6.07) is 2.03. The highest BCUT2D eigenvalue weighted by atomic mass is 32.2. The van der Waals surface area contributed by atoms with E-state index in [1.807, 2.05) is 17.8 Å². The zero-order valence-corrected chi connectivity index (χ0v) is 10.8. The summed E-state index contributed by atoms with van der Waals surface area (Å²) in [6.45, 7) is 4.40. The molecule has 0 aliphatic carbocycles. The maximum absolute atomic E-state index is 8.63. The van der Waals surface area contributed by atoms with Gasteiger partial charge in [0.15, 0.2) is 0 Å². The monoisotopic (exact) mass is 240 g/mol. The molecule has 3 heteroatoms. The Hall–Kier alpha value is -0.430. The van der Waals surface area contributed by atoms with E-state index in [-0.39, 0.29) is 6.61 Å². The number of rotatable bonds is 4. The molecular formula is C12H16OS2. The first-order valence-corrected chi connectivity index (χ1v) is 7.01. The van der Waals surface area contributed by atoms with Crippen LogP contribution in [0.1, 0.15) is 24.3 Å². The average molecular weight is 240 g/mol. The Morgan fingerprint density at radius 1 is 1.53 bits per heavy atom. The van der Waals surface area contributed by atoms with E-state index in [2.05, 4.69) is 31.1 Å². The van der Waals surface area contributed by atoms with Crippen molar-refractivity contribution < 1.29 is 5.11 Å². The lowest BCUT2D eigenvalue weighted by molar-refractivity contribution is 0.350. The molecule has 0 aromatic carbocycles. The Morgan fingerprint density at radius 3 is 3.00 bits per heavy atom. The number of aliphatic hydroxyl groups excluding tert-OH is 1. The second-order valence-electron chi connectivity index (χ2n) is 3.63. The summed E-state index contributed by atoms with van der Waals surface area (Å²) in [7, 11) is 0. The van der Waals surface area contributed by atoms with Gasteiger partial charge in [-0.25, -0.2) is 0 Å². The first kappa shape index (κ1) is 12.6. The molecular weight excluding hydrogens is 224 g/mol. The normalized spacial score (nSPS) is 10.1. The lowest BCUT2D eigenvalue weighted by Gasteiger charge is -2.03. The Balaban J connectivity index is 2.50. The van der Waals surface area contributed by atoms with Crippen LogP contribution in [0.25, 0.3) is 0 Å². The van der Waals surface area contributed by atoms with Gasteiger partial charge < -0.3 is 5.11 Å². The van der Waals surface area contributed by atoms with Crippen LogP contribution in [-0.4, -0.2) is 17.5 Å². The lowest BCUT2D eigenvalue weighted by atomic mass is 10.3. The molecule has 0 radical (unpaired) electrons. The predicted molar refractivity (Wildman–Crippen MR) is 69.3 cm³/mol. The average Bonchev–Trinajstić information content (AvgIpc) is 2.62. The Labute approximate surface area is 99.9 Å². The summed E-state index contributed by atoms with van der Waals surface area (Å²) < 4.78 is 0. The van der Waals surface area contributed by atoms with Crippen LogP contribution < -0.4 is 0 Å². The van der Waals surface area contributed by atoms with E-state index in [9.17, 15) is 0 Å². The van der Waals surface area contributed by atoms with Gasteiger partial charge in [-0.1, -0.05) is 25.7 Å². The molecule has 0 saturated heterocycles. The van der Waals surface area contributed by atoms with Crippen molar-refractivity contribution in [2.75, 3.05) is 12.4 Å². The van der Waals surface area contributed by atoms with Crippen LogP contribution in [-0.2, 0) is 5.75 Å². The van der Waals surface area contributed by atoms with Gasteiger partial charge in [-0.2, -0.15) is 11.8 Å². The molecule has 1 aromatic heterocycles. The highest BCUT2D eigenvalue weighted by Crippen LogP contribution is 2.23. The summed E-state index contributed by atoms with van der Waals surface area (Å²) in [5, 5.41) is 10.7. The van der Waals surface area contributed by atoms with Crippen LogP contribution in [0, 0.1) is 17.8 Å². The van der Waals surface area contributed by atoms with Gasteiger partial charge in [0, 0.05) is 16.2 Å².